The zero-order valence-electron chi connectivity index (χ0n) is 13.8. The number of rotatable bonds is 3. The van der Waals surface area contributed by atoms with E-state index in [9.17, 15) is 9.59 Å². The predicted molar refractivity (Wildman–Crippen MR) is 91.5 cm³/mol. The van der Waals surface area contributed by atoms with Gasteiger partial charge in [0.1, 0.15) is 0 Å². The Morgan fingerprint density at radius 1 is 1.09 bits per heavy atom. The van der Waals surface area contributed by atoms with Crippen LogP contribution in [0.5, 0.6) is 0 Å². The van der Waals surface area contributed by atoms with Gasteiger partial charge in [0.15, 0.2) is 0 Å². The van der Waals surface area contributed by atoms with Crippen molar-refractivity contribution in [1.29, 1.82) is 0 Å². The smallest absolute Gasteiger partial charge is 0.227 e. The van der Waals surface area contributed by atoms with Gasteiger partial charge in [-0.25, -0.2) is 0 Å². The maximum Gasteiger partial charge on any atom is 0.227 e. The summed E-state index contributed by atoms with van der Waals surface area (Å²) in [6.45, 7) is 5.15. The number of piperidine rings is 1. The summed E-state index contributed by atoms with van der Waals surface area (Å²) < 4.78 is 0. The maximum atomic E-state index is 12.4. The Morgan fingerprint density at radius 3 is 2.43 bits per heavy atom. The van der Waals surface area contributed by atoms with Crippen LogP contribution in [0.3, 0.4) is 0 Å². The number of carbonyl (C=O) groups is 2. The number of anilines is 2. The molecule has 1 aromatic rings. The quantitative estimate of drug-likeness (QED) is 0.932. The highest BCUT2D eigenvalue weighted by atomic mass is 16.2. The van der Waals surface area contributed by atoms with Gasteiger partial charge in [0.05, 0.1) is 0 Å². The molecule has 2 fully saturated rings. The molecule has 0 atom stereocenters. The van der Waals surface area contributed by atoms with E-state index in [-0.39, 0.29) is 17.7 Å². The van der Waals surface area contributed by atoms with Crippen molar-refractivity contribution in [2.24, 2.45) is 5.92 Å². The molecule has 2 saturated heterocycles. The largest absolute Gasteiger partial charge is 0.371 e. The number of amides is 2. The van der Waals surface area contributed by atoms with Gasteiger partial charge in [-0.1, -0.05) is 6.07 Å². The van der Waals surface area contributed by atoms with Crippen LogP contribution in [0.25, 0.3) is 0 Å². The van der Waals surface area contributed by atoms with Crippen molar-refractivity contribution in [3.05, 3.63) is 24.3 Å². The topological polar surface area (TPSA) is 52.7 Å². The van der Waals surface area contributed by atoms with Crippen molar-refractivity contribution in [2.45, 2.75) is 32.6 Å². The van der Waals surface area contributed by atoms with E-state index < -0.39 is 0 Å². The lowest BCUT2D eigenvalue weighted by atomic mass is 9.96. The van der Waals surface area contributed by atoms with E-state index >= 15 is 0 Å². The first kappa shape index (κ1) is 15.8. The average molecular weight is 315 g/mol. The molecule has 2 heterocycles. The van der Waals surface area contributed by atoms with Gasteiger partial charge in [-0.05, 0) is 43.9 Å². The Bertz CT molecular complexity index is 573. The monoisotopic (exact) mass is 315 g/mol. The molecule has 23 heavy (non-hydrogen) atoms. The van der Waals surface area contributed by atoms with Crippen LogP contribution in [-0.4, -0.2) is 42.9 Å². The highest BCUT2D eigenvalue weighted by molar-refractivity contribution is 5.93. The number of benzene rings is 1. The highest BCUT2D eigenvalue weighted by Crippen LogP contribution is 2.25. The van der Waals surface area contributed by atoms with Gasteiger partial charge in [-0.3, -0.25) is 9.59 Å². The summed E-state index contributed by atoms with van der Waals surface area (Å²) in [5.41, 5.74) is 2.06. The van der Waals surface area contributed by atoms with Crippen LogP contribution in [0.1, 0.15) is 32.6 Å². The van der Waals surface area contributed by atoms with Gasteiger partial charge in [0.2, 0.25) is 11.8 Å². The molecule has 0 unspecified atom stereocenters. The van der Waals surface area contributed by atoms with Crippen LogP contribution in [-0.2, 0) is 9.59 Å². The van der Waals surface area contributed by atoms with E-state index in [4.69, 9.17) is 0 Å². The average Bonchev–Trinajstić information content (AvgIpc) is 3.10. The number of likely N-dealkylation sites (tertiary alicyclic amines) is 1. The van der Waals surface area contributed by atoms with E-state index in [1.165, 1.54) is 18.5 Å². The summed E-state index contributed by atoms with van der Waals surface area (Å²) in [7, 11) is 0. The van der Waals surface area contributed by atoms with Crippen LogP contribution in [0.2, 0.25) is 0 Å². The van der Waals surface area contributed by atoms with Gasteiger partial charge in [-0.15, -0.1) is 0 Å². The molecular formula is C18H25N3O2. The molecule has 0 saturated carbocycles. The highest BCUT2D eigenvalue weighted by Gasteiger charge is 2.26. The van der Waals surface area contributed by atoms with Crippen LogP contribution in [0.15, 0.2) is 24.3 Å². The molecular weight excluding hydrogens is 290 g/mol. The molecule has 0 aromatic heterocycles. The molecule has 3 rings (SSSR count). The van der Waals surface area contributed by atoms with Crippen molar-refractivity contribution in [3.63, 3.8) is 0 Å². The molecule has 2 aliphatic rings. The molecule has 124 valence electrons. The molecule has 2 amide bonds. The lowest BCUT2D eigenvalue weighted by molar-refractivity contribution is -0.132. The number of nitrogens with one attached hydrogen (secondary N) is 1. The number of nitrogens with zero attached hydrogens (tertiary/aromatic N) is 2. The fourth-order valence-corrected chi connectivity index (χ4v) is 3.46. The number of carbonyl (C=O) groups excluding carboxylic acids is 2. The molecule has 1 aromatic carbocycles. The van der Waals surface area contributed by atoms with E-state index in [1.807, 2.05) is 17.0 Å². The van der Waals surface area contributed by atoms with E-state index in [0.29, 0.717) is 13.1 Å². The molecule has 0 radical (unpaired) electrons. The Labute approximate surface area is 137 Å². The zero-order valence-corrected chi connectivity index (χ0v) is 13.8. The van der Waals surface area contributed by atoms with Gasteiger partial charge in [-0.2, -0.15) is 0 Å². The lowest BCUT2D eigenvalue weighted by Crippen LogP contribution is -2.40. The Balaban J connectivity index is 1.58. The van der Waals surface area contributed by atoms with Crippen molar-refractivity contribution in [3.8, 4) is 0 Å². The van der Waals surface area contributed by atoms with E-state index in [0.717, 1.165) is 31.6 Å². The van der Waals surface area contributed by atoms with Gasteiger partial charge in [0, 0.05) is 50.4 Å². The second kappa shape index (κ2) is 7.02. The third-order valence-corrected chi connectivity index (χ3v) is 4.90. The second-order valence-electron chi connectivity index (χ2n) is 6.51. The van der Waals surface area contributed by atoms with Crippen molar-refractivity contribution < 1.29 is 9.59 Å². The Kier molecular flexibility index (Phi) is 4.84. The summed E-state index contributed by atoms with van der Waals surface area (Å²) in [4.78, 5) is 28.0. The Hall–Kier alpha value is -2.04. The molecule has 0 bridgehead atoms. The molecule has 1 N–H and O–H groups in total. The molecule has 5 nitrogen and oxygen atoms in total. The van der Waals surface area contributed by atoms with Crippen molar-refractivity contribution >= 4 is 23.2 Å². The minimum Gasteiger partial charge on any atom is -0.371 e. The summed E-state index contributed by atoms with van der Waals surface area (Å²) in [5, 5.41) is 3.05. The van der Waals surface area contributed by atoms with E-state index in [1.54, 1.807) is 6.92 Å². The van der Waals surface area contributed by atoms with Gasteiger partial charge >= 0.3 is 0 Å². The fourth-order valence-electron chi connectivity index (χ4n) is 3.46. The third-order valence-electron chi connectivity index (χ3n) is 4.90. The molecule has 2 aliphatic heterocycles. The van der Waals surface area contributed by atoms with Crippen LogP contribution in [0.4, 0.5) is 11.4 Å². The first-order valence-electron chi connectivity index (χ1n) is 8.55. The first-order chi connectivity index (χ1) is 11.1. The summed E-state index contributed by atoms with van der Waals surface area (Å²) in [6, 6.07) is 8.12. The van der Waals surface area contributed by atoms with Gasteiger partial charge < -0.3 is 15.1 Å². The molecule has 5 heteroatoms. The third kappa shape index (κ3) is 3.84. The van der Waals surface area contributed by atoms with Crippen LogP contribution >= 0.6 is 0 Å². The Morgan fingerprint density at radius 2 is 1.78 bits per heavy atom. The second-order valence-corrected chi connectivity index (χ2v) is 6.51. The number of hydrogen-bond acceptors (Lipinski definition) is 3. The summed E-state index contributed by atoms with van der Waals surface area (Å²) in [6.07, 6.45) is 3.98. The molecule has 0 aliphatic carbocycles. The minimum atomic E-state index is 0.000966. The summed E-state index contributed by atoms with van der Waals surface area (Å²) in [5.74, 6) is 0.176. The maximum absolute atomic E-state index is 12.4. The van der Waals surface area contributed by atoms with Gasteiger partial charge in [0.25, 0.3) is 0 Å². The number of hydrogen-bond donors (Lipinski definition) is 1. The van der Waals surface area contributed by atoms with Crippen molar-refractivity contribution in [2.75, 3.05) is 36.4 Å². The first-order valence-corrected chi connectivity index (χ1v) is 8.55. The van der Waals surface area contributed by atoms with Crippen LogP contribution < -0.4 is 10.2 Å². The zero-order chi connectivity index (χ0) is 16.2. The minimum absolute atomic E-state index is 0.000966. The van der Waals surface area contributed by atoms with Crippen molar-refractivity contribution in [1.82, 2.24) is 4.90 Å². The van der Waals surface area contributed by atoms with Crippen LogP contribution in [0, 0.1) is 5.92 Å². The lowest BCUT2D eigenvalue weighted by Gasteiger charge is -2.30. The predicted octanol–water partition coefficient (Wildman–Crippen LogP) is 2.48. The summed E-state index contributed by atoms with van der Waals surface area (Å²) >= 11 is 0. The normalized spacial score (nSPS) is 19.0. The van der Waals surface area contributed by atoms with E-state index in [2.05, 4.69) is 22.3 Å². The SMILES string of the molecule is CC(=O)N1CCC(C(=O)Nc2cccc(N3CCCC3)c2)CC1. The molecule has 0 spiro atoms. The fraction of sp³-hybridized carbons (Fsp3) is 0.556. The standard InChI is InChI=1S/C18H25N3O2/c1-14(22)20-11-7-15(8-12-20)18(23)19-16-5-4-6-17(13-16)21-9-2-3-10-21/h4-6,13,15H,2-3,7-12H2,1H3,(H,19,23).